The number of nitrogens with zero attached hydrogens (tertiary/aromatic N) is 5. The first-order valence-electron chi connectivity index (χ1n) is 13.4. The minimum absolute atomic E-state index is 0.0180. The van der Waals surface area contributed by atoms with Gasteiger partial charge < -0.3 is 24.5 Å². The molecule has 4 aliphatic heterocycles. The van der Waals surface area contributed by atoms with Crippen LogP contribution in [0, 0.1) is 0 Å². The van der Waals surface area contributed by atoms with Crippen LogP contribution in [0.4, 0.5) is 4.79 Å². The molecule has 2 unspecified atom stereocenters. The summed E-state index contributed by atoms with van der Waals surface area (Å²) in [6.45, 7) is 5.46. The van der Waals surface area contributed by atoms with E-state index >= 15 is 0 Å². The molecule has 1 aromatic carbocycles. The molecule has 3 atom stereocenters. The number of benzene rings is 1. The van der Waals surface area contributed by atoms with Crippen molar-refractivity contribution in [1.82, 2.24) is 24.6 Å². The summed E-state index contributed by atoms with van der Waals surface area (Å²) in [5.41, 5.74) is 4.05. The second-order valence-electron chi connectivity index (χ2n) is 10.7. The molecule has 1 N–H and O–H groups in total. The molecule has 3 amide bonds. The monoisotopic (exact) mass is 505 g/mol. The number of β-amino-alcohol motifs (C(OH)–C–C–N with tert-alkyl or cyclic N) is 1. The van der Waals surface area contributed by atoms with Gasteiger partial charge in [0.2, 0.25) is 0 Å². The summed E-state index contributed by atoms with van der Waals surface area (Å²) in [5, 5.41) is 10.7. The number of amides is 3. The van der Waals surface area contributed by atoms with E-state index in [1.54, 1.807) is 16.0 Å². The number of hydrogen-bond acceptors (Lipinski definition) is 6. The van der Waals surface area contributed by atoms with Gasteiger partial charge in [-0.3, -0.25) is 14.7 Å². The van der Waals surface area contributed by atoms with E-state index in [0.717, 1.165) is 38.0 Å². The standard InChI is InChI=1S/C28H35N5O4/c34-26(16-30-10-9-20-3-1-2-4-22(20)14-30)17-32-12-11-31(28(32)36)15-23-6-5-21(13-29-23)27(35)33-24-7-8-25(33)19-37-18-24/h1-6,13,24-26,34H,7-12,14-19H2/t24?,25?,26-/m1/s1. The molecule has 9 nitrogen and oxygen atoms in total. The van der Waals surface area contributed by atoms with Gasteiger partial charge in [0.05, 0.1) is 49.2 Å². The average molecular weight is 506 g/mol. The summed E-state index contributed by atoms with van der Waals surface area (Å²) >= 11 is 0. The van der Waals surface area contributed by atoms with Crippen LogP contribution in [0.1, 0.15) is 40.0 Å². The van der Waals surface area contributed by atoms with Gasteiger partial charge in [0.1, 0.15) is 0 Å². The minimum atomic E-state index is -0.590. The smallest absolute Gasteiger partial charge is 0.320 e. The van der Waals surface area contributed by atoms with Crippen molar-refractivity contribution in [2.75, 3.05) is 45.9 Å². The molecule has 196 valence electrons. The van der Waals surface area contributed by atoms with E-state index in [9.17, 15) is 14.7 Å². The van der Waals surface area contributed by atoms with E-state index in [1.807, 2.05) is 17.0 Å². The van der Waals surface area contributed by atoms with E-state index < -0.39 is 6.10 Å². The number of hydrogen-bond donors (Lipinski definition) is 1. The fourth-order valence-electron chi connectivity index (χ4n) is 6.22. The molecule has 9 heteroatoms. The Morgan fingerprint density at radius 1 is 1.00 bits per heavy atom. The maximum Gasteiger partial charge on any atom is 0.320 e. The summed E-state index contributed by atoms with van der Waals surface area (Å²) in [7, 11) is 0. The van der Waals surface area contributed by atoms with Gasteiger partial charge in [-0.25, -0.2) is 4.79 Å². The number of carbonyl (C=O) groups is 2. The first-order valence-corrected chi connectivity index (χ1v) is 13.4. The zero-order valence-electron chi connectivity index (χ0n) is 21.2. The molecule has 0 aliphatic carbocycles. The Hall–Kier alpha value is -3.01. The summed E-state index contributed by atoms with van der Waals surface area (Å²) in [5.74, 6) is 0.0180. The number of fused-ring (bicyclic) bond motifs is 3. The van der Waals surface area contributed by atoms with Crippen molar-refractivity contribution in [3.8, 4) is 0 Å². The first kappa shape index (κ1) is 24.3. The first-order chi connectivity index (χ1) is 18.0. The highest BCUT2D eigenvalue weighted by molar-refractivity contribution is 5.94. The van der Waals surface area contributed by atoms with Crippen LogP contribution in [-0.2, 0) is 24.2 Å². The molecular formula is C28H35N5O4. The Morgan fingerprint density at radius 3 is 2.51 bits per heavy atom. The van der Waals surface area contributed by atoms with Gasteiger partial charge in [0.25, 0.3) is 5.91 Å². The average Bonchev–Trinajstić information content (AvgIpc) is 3.37. The zero-order chi connectivity index (χ0) is 25.4. The van der Waals surface area contributed by atoms with E-state index in [-0.39, 0.29) is 24.0 Å². The molecule has 4 aliphatic rings. The lowest BCUT2D eigenvalue weighted by Crippen LogP contribution is -2.49. The van der Waals surface area contributed by atoms with Crippen LogP contribution < -0.4 is 0 Å². The van der Waals surface area contributed by atoms with E-state index in [0.29, 0.717) is 51.5 Å². The van der Waals surface area contributed by atoms with Crippen molar-refractivity contribution in [1.29, 1.82) is 0 Å². The molecule has 6 rings (SSSR count). The molecular weight excluding hydrogens is 470 g/mol. The lowest BCUT2D eigenvalue weighted by Gasteiger charge is -2.34. The highest BCUT2D eigenvalue weighted by atomic mass is 16.5. The Labute approximate surface area is 217 Å². The van der Waals surface area contributed by atoms with Crippen LogP contribution in [-0.4, -0.2) is 106 Å². The molecule has 0 radical (unpaired) electrons. The lowest BCUT2D eigenvalue weighted by atomic mass is 10.00. The fraction of sp³-hybridized carbons (Fsp3) is 0.536. The van der Waals surface area contributed by atoms with Crippen molar-refractivity contribution in [2.45, 2.75) is 50.5 Å². The number of pyridine rings is 1. The van der Waals surface area contributed by atoms with Crippen LogP contribution >= 0.6 is 0 Å². The van der Waals surface area contributed by atoms with Crippen LogP contribution in [0.3, 0.4) is 0 Å². The van der Waals surface area contributed by atoms with Crippen molar-refractivity contribution in [3.05, 3.63) is 65.0 Å². The summed E-state index contributed by atoms with van der Waals surface area (Å²) in [6, 6.07) is 12.4. The van der Waals surface area contributed by atoms with Gasteiger partial charge in [-0.1, -0.05) is 24.3 Å². The molecule has 2 bridgehead atoms. The highest BCUT2D eigenvalue weighted by Crippen LogP contribution is 2.30. The SMILES string of the molecule is O=C1N(Cc2ccc(C(=O)N3C4CCC3COC4)cn2)CCN1C[C@H](O)CN1CCc2ccccc2C1. The molecule has 2 aromatic rings. The number of morpholine rings is 1. The molecule has 0 spiro atoms. The molecule has 5 heterocycles. The lowest BCUT2D eigenvalue weighted by molar-refractivity contribution is -0.00718. The number of rotatable bonds is 7. The number of aliphatic hydroxyl groups is 1. The van der Waals surface area contributed by atoms with Crippen LogP contribution in [0.5, 0.6) is 0 Å². The molecule has 3 saturated heterocycles. The van der Waals surface area contributed by atoms with Crippen LogP contribution in [0.2, 0.25) is 0 Å². The maximum absolute atomic E-state index is 13.0. The summed E-state index contributed by atoms with van der Waals surface area (Å²) in [4.78, 5) is 38.3. The van der Waals surface area contributed by atoms with Crippen molar-refractivity contribution >= 4 is 11.9 Å². The van der Waals surface area contributed by atoms with E-state index in [4.69, 9.17) is 4.74 Å². The normalized spacial score (nSPS) is 24.5. The van der Waals surface area contributed by atoms with Crippen LogP contribution in [0.25, 0.3) is 0 Å². The highest BCUT2D eigenvalue weighted by Gasteiger charge is 2.40. The summed E-state index contributed by atoms with van der Waals surface area (Å²) < 4.78 is 5.59. The third-order valence-corrected chi connectivity index (χ3v) is 8.19. The number of aromatic nitrogens is 1. The van der Waals surface area contributed by atoms with Crippen molar-refractivity contribution in [2.24, 2.45) is 0 Å². The number of ether oxygens (including phenoxy) is 1. The summed E-state index contributed by atoms with van der Waals surface area (Å²) in [6.07, 6.45) is 4.02. The Bertz CT molecular complexity index is 1130. The third-order valence-electron chi connectivity index (χ3n) is 8.19. The van der Waals surface area contributed by atoms with Crippen molar-refractivity contribution < 1.29 is 19.4 Å². The molecule has 1 aromatic heterocycles. The van der Waals surface area contributed by atoms with Gasteiger partial charge in [-0.15, -0.1) is 0 Å². The van der Waals surface area contributed by atoms with Gasteiger partial charge >= 0.3 is 6.03 Å². The number of carbonyl (C=O) groups excluding carboxylic acids is 2. The Kier molecular flexibility index (Phi) is 6.84. The second-order valence-corrected chi connectivity index (χ2v) is 10.7. The number of urea groups is 1. The zero-order valence-corrected chi connectivity index (χ0v) is 21.2. The maximum atomic E-state index is 13.0. The van der Waals surface area contributed by atoms with Gasteiger partial charge in [-0.2, -0.15) is 0 Å². The molecule has 0 saturated carbocycles. The van der Waals surface area contributed by atoms with Gasteiger partial charge in [0.15, 0.2) is 0 Å². The fourth-order valence-corrected chi connectivity index (χ4v) is 6.22. The topological polar surface area (TPSA) is 89.5 Å². The quantitative estimate of drug-likeness (QED) is 0.617. The minimum Gasteiger partial charge on any atom is -0.390 e. The third kappa shape index (κ3) is 5.08. The van der Waals surface area contributed by atoms with E-state index in [1.165, 1.54) is 11.1 Å². The predicted octanol–water partition coefficient (Wildman–Crippen LogP) is 1.74. The van der Waals surface area contributed by atoms with Gasteiger partial charge in [-0.05, 0) is 42.5 Å². The van der Waals surface area contributed by atoms with Gasteiger partial charge in [0, 0.05) is 45.5 Å². The Morgan fingerprint density at radius 2 is 1.76 bits per heavy atom. The second kappa shape index (κ2) is 10.4. The molecule has 3 fully saturated rings. The predicted molar refractivity (Wildman–Crippen MR) is 137 cm³/mol. The van der Waals surface area contributed by atoms with Crippen LogP contribution in [0.15, 0.2) is 42.6 Å². The number of aliphatic hydroxyl groups excluding tert-OH is 1. The van der Waals surface area contributed by atoms with E-state index in [2.05, 4.69) is 34.1 Å². The molecule has 37 heavy (non-hydrogen) atoms. The largest absolute Gasteiger partial charge is 0.390 e. The van der Waals surface area contributed by atoms with Crippen molar-refractivity contribution in [3.63, 3.8) is 0 Å². The Balaban J connectivity index is 0.996.